The van der Waals surface area contributed by atoms with Gasteiger partial charge in [-0.3, -0.25) is 0 Å². The van der Waals surface area contributed by atoms with Crippen LogP contribution in [0.3, 0.4) is 0 Å². The number of nitrogens with zero attached hydrogens (tertiary/aromatic N) is 2. The predicted molar refractivity (Wildman–Crippen MR) is 115 cm³/mol. The summed E-state index contributed by atoms with van der Waals surface area (Å²) in [5.41, 5.74) is -1.86. The van der Waals surface area contributed by atoms with Gasteiger partial charge in [0.1, 0.15) is 13.2 Å². The molecule has 0 bridgehead atoms. The topological polar surface area (TPSA) is 63.4 Å². The monoisotopic (exact) mass is 572 g/mol. The maximum absolute atomic E-state index is 13.7. The van der Waals surface area contributed by atoms with Gasteiger partial charge in [-0.05, 0) is 31.3 Å². The van der Waals surface area contributed by atoms with Crippen LogP contribution in [0.2, 0.25) is 0 Å². The standard InChI is InChI=1S/C24H18F10N2O3/c25-15-12(16(26)20(30)23(33)19(15)29)8-38-35-5-1-2-11-6-10(3-4-14(11)37)7-36-39-9-13-17(27)21(31)24(34)22(32)18(13)28/h5-7,11,14,37H,1-4,8-9H2/b35-5+,36-7+. The van der Waals surface area contributed by atoms with Gasteiger partial charge in [-0.1, -0.05) is 16.4 Å². The SMILES string of the molecule is OC1CCC(/C=N/OCc2c(F)c(F)c(F)c(F)c2F)=CC1CC/C=N/OCc1c(F)c(F)c(F)c(F)c1F. The number of hydrogen-bond donors (Lipinski definition) is 1. The van der Waals surface area contributed by atoms with Crippen molar-refractivity contribution in [3.8, 4) is 0 Å². The molecule has 0 aliphatic heterocycles. The van der Waals surface area contributed by atoms with E-state index >= 15 is 0 Å². The van der Waals surface area contributed by atoms with Crippen molar-refractivity contribution in [1.82, 2.24) is 0 Å². The average molecular weight is 572 g/mol. The smallest absolute Gasteiger partial charge is 0.200 e. The van der Waals surface area contributed by atoms with Crippen molar-refractivity contribution in [2.45, 2.75) is 45.0 Å². The van der Waals surface area contributed by atoms with E-state index in [1.807, 2.05) is 0 Å². The Hall–Kier alpha value is -3.62. The third kappa shape index (κ3) is 6.69. The highest BCUT2D eigenvalue weighted by molar-refractivity contribution is 5.78. The van der Waals surface area contributed by atoms with E-state index in [1.165, 1.54) is 0 Å². The first-order valence-corrected chi connectivity index (χ1v) is 11.1. The lowest BCUT2D eigenvalue weighted by atomic mass is 9.85. The molecule has 0 spiro atoms. The average Bonchev–Trinajstić information content (AvgIpc) is 2.93. The lowest BCUT2D eigenvalue weighted by Crippen LogP contribution is -2.23. The Labute approximate surface area is 214 Å². The molecular weight excluding hydrogens is 554 g/mol. The van der Waals surface area contributed by atoms with Gasteiger partial charge in [0.25, 0.3) is 0 Å². The fourth-order valence-corrected chi connectivity index (χ4v) is 3.62. The minimum absolute atomic E-state index is 0.163. The first-order chi connectivity index (χ1) is 18.5. The van der Waals surface area contributed by atoms with Crippen molar-refractivity contribution in [2.75, 3.05) is 0 Å². The minimum atomic E-state index is -2.30. The Morgan fingerprint density at radius 2 is 1.13 bits per heavy atom. The zero-order valence-electron chi connectivity index (χ0n) is 19.6. The van der Waals surface area contributed by atoms with E-state index < -0.39 is 94.5 Å². The molecule has 0 saturated heterocycles. The molecule has 0 amide bonds. The van der Waals surface area contributed by atoms with Crippen molar-refractivity contribution in [3.05, 3.63) is 80.9 Å². The first-order valence-electron chi connectivity index (χ1n) is 11.1. The largest absolute Gasteiger partial charge is 0.393 e. The normalized spacial score (nSPS) is 17.8. The minimum Gasteiger partial charge on any atom is -0.393 e. The van der Waals surface area contributed by atoms with Gasteiger partial charge in [0.05, 0.1) is 23.4 Å². The maximum Gasteiger partial charge on any atom is 0.200 e. The molecule has 2 aromatic carbocycles. The maximum atomic E-state index is 13.7. The molecule has 2 aromatic rings. The van der Waals surface area contributed by atoms with Crippen LogP contribution in [0.25, 0.3) is 0 Å². The number of rotatable bonds is 10. The molecule has 1 N–H and O–H groups in total. The quantitative estimate of drug-likeness (QED) is 0.120. The van der Waals surface area contributed by atoms with Crippen molar-refractivity contribution in [1.29, 1.82) is 0 Å². The molecule has 1 aliphatic carbocycles. The van der Waals surface area contributed by atoms with Gasteiger partial charge in [0, 0.05) is 12.1 Å². The van der Waals surface area contributed by atoms with Gasteiger partial charge >= 0.3 is 0 Å². The summed E-state index contributed by atoms with van der Waals surface area (Å²) in [6, 6.07) is 0. The summed E-state index contributed by atoms with van der Waals surface area (Å²) in [7, 11) is 0. The third-order valence-electron chi connectivity index (χ3n) is 5.74. The van der Waals surface area contributed by atoms with E-state index in [0.29, 0.717) is 12.0 Å². The molecule has 2 atom stereocenters. The van der Waals surface area contributed by atoms with Gasteiger partial charge in [-0.2, -0.15) is 0 Å². The molecule has 0 saturated carbocycles. The molecule has 5 nitrogen and oxygen atoms in total. The van der Waals surface area contributed by atoms with E-state index in [-0.39, 0.29) is 19.3 Å². The summed E-state index contributed by atoms with van der Waals surface area (Å²) in [6.45, 7) is -2.07. The Morgan fingerprint density at radius 1 is 0.692 bits per heavy atom. The zero-order chi connectivity index (χ0) is 28.9. The third-order valence-corrected chi connectivity index (χ3v) is 5.74. The summed E-state index contributed by atoms with van der Waals surface area (Å²) in [5.74, 6) is -21.7. The molecule has 212 valence electrons. The fourth-order valence-electron chi connectivity index (χ4n) is 3.62. The molecule has 0 radical (unpaired) electrons. The number of oxime groups is 2. The second-order valence-electron chi connectivity index (χ2n) is 8.26. The summed E-state index contributed by atoms with van der Waals surface area (Å²) < 4.78 is 133. The Kier molecular flexibility index (Phi) is 9.94. The highest BCUT2D eigenvalue weighted by Gasteiger charge is 2.27. The molecule has 0 heterocycles. The highest BCUT2D eigenvalue weighted by atomic mass is 19.2. The Morgan fingerprint density at radius 3 is 1.62 bits per heavy atom. The van der Waals surface area contributed by atoms with Crippen molar-refractivity contribution in [2.24, 2.45) is 16.2 Å². The lowest BCUT2D eigenvalue weighted by molar-refractivity contribution is 0.110. The second kappa shape index (κ2) is 13.0. The lowest BCUT2D eigenvalue weighted by Gasteiger charge is -2.24. The molecule has 0 fully saturated rings. The molecule has 15 heteroatoms. The molecular formula is C24H18F10N2O3. The number of benzene rings is 2. The summed E-state index contributed by atoms with van der Waals surface area (Å²) in [5, 5.41) is 17.0. The van der Waals surface area contributed by atoms with Crippen molar-refractivity contribution >= 4 is 12.4 Å². The molecule has 39 heavy (non-hydrogen) atoms. The summed E-state index contributed by atoms with van der Waals surface area (Å²) >= 11 is 0. The number of halogens is 10. The predicted octanol–water partition coefficient (Wildman–Crippen LogP) is 6.26. The van der Waals surface area contributed by atoms with Crippen LogP contribution in [-0.2, 0) is 22.9 Å². The zero-order valence-corrected chi connectivity index (χ0v) is 19.6. The van der Waals surface area contributed by atoms with Gasteiger partial charge in [-0.15, -0.1) is 0 Å². The molecule has 1 aliphatic rings. The van der Waals surface area contributed by atoms with Crippen LogP contribution in [0, 0.1) is 64.1 Å². The molecule has 2 unspecified atom stereocenters. The first kappa shape index (κ1) is 29.9. The van der Waals surface area contributed by atoms with E-state index in [2.05, 4.69) is 20.0 Å². The van der Waals surface area contributed by atoms with E-state index in [1.54, 1.807) is 6.08 Å². The van der Waals surface area contributed by atoms with E-state index in [9.17, 15) is 49.0 Å². The van der Waals surface area contributed by atoms with Crippen LogP contribution < -0.4 is 0 Å². The Bertz CT molecular complexity index is 1260. The second-order valence-corrected chi connectivity index (χ2v) is 8.26. The Balaban J connectivity index is 1.52. The number of aliphatic hydroxyl groups excluding tert-OH is 1. The van der Waals surface area contributed by atoms with E-state index in [0.717, 1.165) is 12.4 Å². The fraction of sp³-hybridized carbons (Fsp3) is 0.333. The molecule has 0 aromatic heterocycles. The van der Waals surface area contributed by atoms with Crippen LogP contribution in [0.5, 0.6) is 0 Å². The summed E-state index contributed by atoms with van der Waals surface area (Å²) in [6.07, 6.45) is 4.17. The van der Waals surface area contributed by atoms with Crippen LogP contribution in [0.15, 0.2) is 22.0 Å². The number of hydrogen-bond acceptors (Lipinski definition) is 5. The van der Waals surface area contributed by atoms with Crippen molar-refractivity contribution in [3.63, 3.8) is 0 Å². The van der Waals surface area contributed by atoms with Crippen LogP contribution >= 0.6 is 0 Å². The van der Waals surface area contributed by atoms with Gasteiger partial charge in [0.15, 0.2) is 46.5 Å². The summed E-state index contributed by atoms with van der Waals surface area (Å²) in [4.78, 5) is 9.27. The number of aliphatic hydroxyl groups is 1. The highest BCUT2D eigenvalue weighted by Crippen LogP contribution is 2.27. The molecule has 3 rings (SSSR count). The number of allylic oxidation sites excluding steroid dienone is 1. The van der Waals surface area contributed by atoms with Crippen LogP contribution in [0.4, 0.5) is 43.9 Å². The van der Waals surface area contributed by atoms with Crippen molar-refractivity contribution < 1.29 is 58.7 Å². The van der Waals surface area contributed by atoms with Gasteiger partial charge in [-0.25, -0.2) is 43.9 Å². The van der Waals surface area contributed by atoms with Crippen LogP contribution in [0.1, 0.15) is 36.8 Å². The van der Waals surface area contributed by atoms with Gasteiger partial charge in [0.2, 0.25) is 11.6 Å². The van der Waals surface area contributed by atoms with Gasteiger partial charge < -0.3 is 14.8 Å². The van der Waals surface area contributed by atoms with Crippen LogP contribution in [-0.4, -0.2) is 23.6 Å². The van der Waals surface area contributed by atoms with E-state index in [4.69, 9.17) is 0 Å².